The van der Waals surface area contributed by atoms with Crippen molar-refractivity contribution in [3.8, 4) is 11.5 Å². The van der Waals surface area contributed by atoms with Crippen molar-refractivity contribution in [3.63, 3.8) is 0 Å². The van der Waals surface area contributed by atoms with Crippen LogP contribution in [0.3, 0.4) is 0 Å². The Kier molecular flexibility index (Phi) is 3.71. The zero-order valence-corrected chi connectivity index (χ0v) is 19.1. The number of ether oxygens (including phenoxy) is 3. The summed E-state index contributed by atoms with van der Waals surface area (Å²) in [5, 5.41) is 0. The third-order valence-electron chi connectivity index (χ3n) is 9.62. The van der Waals surface area contributed by atoms with Gasteiger partial charge in [0.15, 0.2) is 11.5 Å². The van der Waals surface area contributed by atoms with E-state index in [9.17, 15) is 0 Å². The molecule has 1 saturated carbocycles. The van der Waals surface area contributed by atoms with Gasteiger partial charge >= 0.3 is 0 Å². The van der Waals surface area contributed by atoms with Gasteiger partial charge in [-0.15, -0.1) is 0 Å². The number of hydrogen-bond donors (Lipinski definition) is 0. The van der Waals surface area contributed by atoms with Crippen LogP contribution in [0.15, 0.2) is 54.6 Å². The maximum Gasteiger partial charge on any atom is 0.166 e. The third-order valence-corrected chi connectivity index (χ3v) is 9.62. The lowest BCUT2D eigenvalue weighted by molar-refractivity contribution is -0.210. The van der Waals surface area contributed by atoms with Crippen molar-refractivity contribution in [2.24, 2.45) is 11.3 Å². The molecule has 166 valence electrons. The van der Waals surface area contributed by atoms with Gasteiger partial charge in [0, 0.05) is 24.1 Å². The highest BCUT2D eigenvalue weighted by molar-refractivity contribution is 5.65. The number of rotatable bonds is 4. The van der Waals surface area contributed by atoms with Crippen LogP contribution in [-0.4, -0.2) is 43.3 Å². The average molecular weight is 430 g/mol. The molecular weight excluding hydrogens is 398 g/mol. The minimum Gasteiger partial charge on any atom is -0.485 e. The number of benzene rings is 2. The standard InChI is InChI=1S/C28H31NO3/c1-18-16-26-11-12-28(18,30-3)25-27(26)13-14-29(2)22(26)15-20-9-10-21(24(32-25)23(20)27)31-17-19-7-5-4-6-8-19/h4-12,18,22,25H,13-17H2,1-3H3/t18-,22+,25+,26+,27-,28+/m0/s1. The SMILES string of the molecule is CO[C@]12C=C[C@@]3(C[C@@H]1C)[C@H]1Cc4ccc(OCc5ccccc5)c5c4[C@@]3(CCN1C)[C@H]2O5. The van der Waals surface area contributed by atoms with Crippen LogP contribution in [0.1, 0.15) is 36.5 Å². The van der Waals surface area contributed by atoms with E-state index in [1.54, 1.807) is 0 Å². The van der Waals surface area contributed by atoms with Crippen LogP contribution in [0.4, 0.5) is 0 Å². The monoisotopic (exact) mass is 429 g/mol. The van der Waals surface area contributed by atoms with Crippen molar-refractivity contribution in [1.82, 2.24) is 4.90 Å². The molecule has 0 unspecified atom stereocenters. The summed E-state index contributed by atoms with van der Waals surface area (Å²) in [4.78, 5) is 2.60. The lowest BCUT2D eigenvalue weighted by Gasteiger charge is -2.70. The van der Waals surface area contributed by atoms with Gasteiger partial charge in [0.05, 0.1) is 5.41 Å². The second-order valence-corrected chi connectivity index (χ2v) is 10.7. The molecule has 2 aliphatic heterocycles. The van der Waals surface area contributed by atoms with E-state index in [-0.39, 0.29) is 22.5 Å². The molecule has 6 atom stereocenters. The van der Waals surface area contributed by atoms with E-state index < -0.39 is 0 Å². The maximum atomic E-state index is 7.01. The van der Waals surface area contributed by atoms with Gasteiger partial charge in [0.2, 0.25) is 0 Å². The highest BCUT2D eigenvalue weighted by Gasteiger charge is 2.78. The smallest absolute Gasteiger partial charge is 0.166 e. The molecule has 32 heavy (non-hydrogen) atoms. The number of likely N-dealkylation sites (tertiary alicyclic amines) is 1. The van der Waals surface area contributed by atoms with Gasteiger partial charge < -0.3 is 19.1 Å². The summed E-state index contributed by atoms with van der Waals surface area (Å²) >= 11 is 0. The van der Waals surface area contributed by atoms with Crippen LogP contribution in [0.5, 0.6) is 11.5 Å². The topological polar surface area (TPSA) is 30.9 Å². The van der Waals surface area contributed by atoms with Gasteiger partial charge in [-0.2, -0.15) is 0 Å². The Balaban J connectivity index is 1.41. The molecule has 0 N–H and O–H groups in total. The number of likely N-dealkylation sites (N-methyl/N-ethyl adjacent to an activating group) is 1. The minimum atomic E-state index is -0.382. The second-order valence-electron chi connectivity index (χ2n) is 10.7. The molecule has 6 aliphatic rings. The van der Waals surface area contributed by atoms with Crippen molar-refractivity contribution >= 4 is 0 Å². The quantitative estimate of drug-likeness (QED) is 0.670. The zero-order chi connectivity index (χ0) is 21.7. The maximum absolute atomic E-state index is 7.01. The molecule has 4 bridgehead atoms. The number of piperidine rings is 1. The molecule has 2 fully saturated rings. The Hall–Kier alpha value is -2.30. The first-order valence-corrected chi connectivity index (χ1v) is 12.0. The van der Waals surface area contributed by atoms with Crippen LogP contribution in [-0.2, 0) is 23.2 Å². The zero-order valence-electron chi connectivity index (χ0n) is 19.1. The lowest BCUT2D eigenvalue weighted by Crippen LogP contribution is -2.78. The summed E-state index contributed by atoms with van der Waals surface area (Å²) in [7, 11) is 4.18. The molecule has 2 spiro atoms. The van der Waals surface area contributed by atoms with Gasteiger partial charge in [0.25, 0.3) is 0 Å². The summed E-state index contributed by atoms with van der Waals surface area (Å²) in [6.07, 6.45) is 8.23. The first-order chi connectivity index (χ1) is 15.6. The summed E-state index contributed by atoms with van der Waals surface area (Å²) in [6.45, 7) is 4.00. The van der Waals surface area contributed by atoms with E-state index >= 15 is 0 Å². The van der Waals surface area contributed by atoms with Crippen LogP contribution in [0, 0.1) is 11.3 Å². The summed E-state index contributed by atoms with van der Waals surface area (Å²) in [5.41, 5.74) is 3.72. The minimum absolute atomic E-state index is 0.000440. The Morgan fingerprint density at radius 1 is 1.12 bits per heavy atom. The highest BCUT2D eigenvalue weighted by Crippen LogP contribution is 2.74. The molecule has 1 saturated heterocycles. The van der Waals surface area contributed by atoms with Gasteiger partial charge in [-0.1, -0.05) is 55.5 Å². The second kappa shape index (κ2) is 6.18. The fourth-order valence-electron chi connectivity index (χ4n) is 8.24. The van der Waals surface area contributed by atoms with E-state index in [1.807, 2.05) is 13.2 Å². The van der Waals surface area contributed by atoms with Crippen LogP contribution < -0.4 is 9.47 Å². The molecule has 2 aromatic rings. The van der Waals surface area contributed by atoms with E-state index in [0.717, 1.165) is 37.3 Å². The van der Waals surface area contributed by atoms with E-state index in [2.05, 4.69) is 67.4 Å². The number of methoxy groups -OCH3 is 1. The van der Waals surface area contributed by atoms with Crippen molar-refractivity contribution in [2.75, 3.05) is 20.7 Å². The van der Waals surface area contributed by atoms with Crippen molar-refractivity contribution < 1.29 is 14.2 Å². The molecule has 4 heteroatoms. The number of nitrogens with zero attached hydrogens (tertiary/aromatic N) is 1. The molecule has 8 rings (SSSR count). The van der Waals surface area contributed by atoms with Gasteiger partial charge in [-0.3, -0.25) is 0 Å². The Labute approximate surface area is 190 Å². The fraction of sp³-hybridized carbons (Fsp3) is 0.500. The van der Waals surface area contributed by atoms with Crippen molar-refractivity contribution in [2.45, 2.75) is 56.0 Å². The van der Waals surface area contributed by atoms with Gasteiger partial charge in [-0.05, 0) is 56.0 Å². The molecule has 0 aromatic heterocycles. The molecule has 2 heterocycles. The number of fused-ring (bicyclic) bond motifs is 1. The molecule has 4 aliphatic carbocycles. The fourth-order valence-corrected chi connectivity index (χ4v) is 8.24. The first kappa shape index (κ1) is 19.2. The van der Waals surface area contributed by atoms with Gasteiger partial charge in [-0.25, -0.2) is 0 Å². The largest absolute Gasteiger partial charge is 0.485 e. The molecule has 0 radical (unpaired) electrons. The van der Waals surface area contributed by atoms with E-state index in [1.165, 1.54) is 16.7 Å². The predicted molar refractivity (Wildman–Crippen MR) is 123 cm³/mol. The summed E-state index contributed by atoms with van der Waals surface area (Å²) in [5.74, 6) is 2.27. The molecular formula is C28H31NO3. The van der Waals surface area contributed by atoms with Gasteiger partial charge in [0.1, 0.15) is 18.3 Å². The predicted octanol–water partition coefficient (Wildman–Crippen LogP) is 4.51. The molecule has 4 nitrogen and oxygen atoms in total. The Morgan fingerprint density at radius 2 is 1.97 bits per heavy atom. The number of hydrogen-bond acceptors (Lipinski definition) is 4. The third kappa shape index (κ3) is 1.99. The Morgan fingerprint density at radius 3 is 2.75 bits per heavy atom. The van der Waals surface area contributed by atoms with Crippen LogP contribution in [0.2, 0.25) is 0 Å². The highest BCUT2D eigenvalue weighted by atomic mass is 16.6. The van der Waals surface area contributed by atoms with E-state index in [4.69, 9.17) is 14.2 Å². The average Bonchev–Trinajstić information content (AvgIpc) is 3.18. The first-order valence-electron chi connectivity index (χ1n) is 12.0. The normalized spacial score (nSPS) is 40.2. The summed E-state index contributed by atoms with van der Waals surface area (Å²) < 4.78 is 19.8. The van der Waals surface area contributed by atoms with E-state index in [0.29, 0.717) is 18.6 Å². The van der Waals surface area contributed by atoms with Crippen molar-refractivity contribution in [1.29, 1.82) is 0 Å². The van der Waals surface area contributed by atoms with Crippen LogP contribution in [0.25, 0.3) is 0 Å². The van der Waals surface area contributed by atoms with Crippen molar-refractivity contribution in [3.05, 3.63) is 71.3 Å². The molecule has 0 amide bonds. The molecule has 2 aromatic carbocycles. The summed E-state index contributed by atoms with van der Waals surface area (Å²) in [6, 6.07) is 15.3. The Bertz CT molecular complexity index is 1130. The van der Waals surface area contributed by atoms with Crippen LogP contribution >= 0.6 is 0 Å². The lowest BCUT2D eigenvalue weighted by atomic mass is 9.37.